The van der Waals surface area contributed by atoms with Gasteiger partial charge >= 0.3 is 0 Å². The summed E-state index contributed by atoms with van der Waals surface area (Å²) >= 11 is 0. The van der Waals surface area contributed by atoms with Crippen LogP contribution in [0.4, 0.5) is 0 Å². The van der Waals surface area contributed by atoms with Crippen LogP contribution in [0.2, 0.25) is 0 Å². The summed E-state index contributed by atoms with van der Waals surface area (Å²) in [6.07, 6.45) is 0. The summed E-state index contributed by atoms with van der Waals surface area (Å²) < 4.78 is 30.4. The van der Waals surface area contributed by atoms with Crippen LogP contribution in [0.3, 0.4) is 0 Å². The van der Waals surface area contributed by atoms with Crippen molar-refractivity contribution in [1.29, 1.82) is 0 Å². The average Bonchev–Trinajstić information content (AvgIpc) is 2.88. The number of rotatable bonds is 4. The summed E-state index contributed by atoms with van der Waals surface area (Å²) in [7, 11) is -3.08. The summed E-state index contributed by atoms with van der Waals surface area (Å²) in [6, 6.07) is 0. The fraction of sp³-hybridized carbons (Fsp3) is 0.846. The number of aromatic nitrogens is 2. The van der Waals surface area contributed by atoms with Crippen LogP contribution in [-0.4, -0.2) is 59.7 Å². The molecule has 1 fully saturated rings. The lowest BCUT2D eigenvalue weighted by atomic mass is 9.97. The highest BCUT2D eigenvalue weighted by atomic mass is 32.2. The monoisotopic (exact) mass is 316 g/mol. The predicted octanol–water partition coefficient (Wildman–Crippen LogP) is 0.834. The molecule has 1 aromatic heterocycles. The van der Waals surface area contributed by atoms with Gasteiger partial charge in [-0.3, -0.25) is 4.90 Å². The molecule has 0 aromatic carbocycles. The molecule has 21 heavy (non-hydrogen) atoms. The van der Waals surface area contributed by atoms with E-state index in [1.54, 1.807) is 11.2 Å². The van der Waals surface area contributed by atoms with Crippen molar-refractivity contribution in [2.75, 3.05) is 31.9 Å². The quantitative estimate of drug-likeness (QED) is 0.819. The average molecular weight is 316 g/mol. The standard InChI is InChI=1S/C13H24N4O3S/c1-5-21(18,19)17-8-6-16(7-9-17)10-11-14-12(20-15-11)13(2,3)4/h5-10H2,1-4H3. The number of nitrogens with zero attached hydrogens (tertiary/aromatic N) is 4. The maximum atomic E-state index is 11.8. The van der Waals surface area contributed by atoms with Crippen LogP contribution in [-0.2, 0) is 22.0 Å². The smallest absolute Gasteiger partial charge is 0.232 e. The molecule has 1 saturated heterocycles. The first-order valence-electron chi connectivity index (χ1n) is 7.25. The van der Waals surface area contributed by atoms with Crippen molar-refractivity contribution in [3.05, 3.63) is 11.7 Å². The van der Waals surface area contributed by atoms with Crippen LogP contribution in [0.25, 0.3) is 0 Å². The molecule has 1 aliphatic rings. The fourth-order valence-electron chi connectivity index (χ4n) is 2.17. The van der Waals surface area contributed by atoms with Gasteiger partial charge in [0.2, 0.25) is 15.9 Å². The van der Waals surface area contributed by atoms with Gasteiger partial charge in [-0.05, 0) is 6.92 Å². The van der Waals surface area contributed by atoms with E-state index < -0.39 is 10.0 Å². The zero-order valence-electron chi connectivity index (χ0n) is 13.2. The van der Waals surface area contributed by atoms with Crippen LogP contribution in [0.15, 0.2) is 4.52 Å². The third kappa shape index (κ3) is 4.02. The van der Waals surface area contributed by atoms with Gasteiger partial charge in [0, 0.05) is 31.6 Å². The van der Waals surface area contributed by atoms with Crippen molar-refractivity contribution < 1.29 is 12.9 Å². The fourth-order valence-corrected chi connectivity index (χ4v) is 3.26. The second kappa shape index (κ2) is 6.02. The maximum absolute atomic E-state index is 11.8. The first-order chi connectivity index (χ1) is 9.72. The normalized spacial score (nSPS) is 19.0. The molecule has 0 atom stereocenters. The van der Waals surface area contributed by atoms with Gasteiger partial charge in [0.05, 0.1) is 12.3 Å². The molecule has 0 saturated carbocycles. The largest absolute Gasteiger partial charge is 0.339 e. The van der Waals surface area contributed by atoms with Gasteiger partial charge in [-0.25, -0.2) is 8.42 Å². The summed E-state index contributed by atoms with van der Waals surface area (Å²) in [5.41, 5.74) is -0.154. The number of hydrogen-bond acceptors (Lipinski definition) is 6. The summed E-state index contributed by atoms with van der Waals surface area (Å²) in [5.74, 6) is 1.45. The highest BCUT2D eigenvalue weighted by Gasteiger charge is 2.27. The van der Waals surface area contributed by atoms with Gasteiger partial charge < -0.3 is 4.52 Å². The van der Waals surface area contributed by atoms with E-state index in [1.807, 2.05) is 20.8 Å². The molecule has 120 valence electrons. The molecule has 0 aliphatic carbocycles. The van der Waals surface area contributed by atoms with Gasteiger partial charge in [0.1, 0.15) is 0 Å². The van der Waals surface area contributed by atoms with Crippen molar-refractivity contribution in [2.24, 2.45) is 0 Å². The van der Waals surface area contributed by atoms with Gasteiger partial charge in [0.25, 0.3) is 0 Å². The Kier molecular flexibility index (Phi) is 4.69. The Morgan fingerprint density at radius 2 is 1.81 bits per heavy atom. The molecule has 7 nitrogen and oxygen atoms in total. The first-order valence-corrected chi connectivity index (χ1v) is 8.86. The minimum Gasteiger partial charge on any atom is -0.339 e. The Balaban J connectivity index is 1.91. The molecule has 0 unspecified atom stereocenters. The number of hydrogen-bond donors (Lipinski definition) is 0. The Bertz CT molecular complexity index is 568. The van der Waals surface area contributed by atoms with Crippen molar-refractivity contribution in [3.63, 3.8) is 0 Å². The topological polar surface area (TPSA) is 79.5 Å². The molecule has 0 amide bonds. The van der Waals surface area contributed by atoms with Gasteiger partial charge in [0.15, 0.2) is 5.82 Å². The van der Waals surface area contributed by atoms with E-state index in [0.29, 0.717) is 44.4 Å². The Labute approximate surface area is 126 Å². The third-order valence-corrected chi connectivity index (χ3v) is 5.45. The van der Waals surface area contributed by atoms with E-state index in [2.05, 4.69) is 15.0 Å². The molecule has 2 rings (SSSR count). The summed E-state index contributed by atoms with van der Waals surface area (Å²) in [6.45, 7) is 10.8. The number of sulfonamides is 1. The second-order valence-corrected chi connectivity index (χ2v) is 8.60. The molecule has 0 radical (unpaired) electrons. The summed E-state index contributed by atoms with van der Waals surface area (Å²) in [4.78, 5) is 6.56. The summed E-state index contributed by atoms with van der Waals surface area (Å²) in [5, 5.41) is 4.00. The van der Waals surface area contributed by atoms with E-state index in [9.17, 15) is 8.42 Å². The molecular weight excluding hydrogens is 292 g/mol. The van der Waals surface area contributed by atoms with Crippen LogP contribution >= 0.6 is 0 Å². The van der Waals surface area contributed by atoms with Crippen molar-refractivity contribution in [1.82, 2.24) is 19.3 Å². The highest BCUT2D eigenvalue weighted by Crippen LogP contribution is 2.20. The highest BCUT2D eigenvalue weighted by molar-refractivity contribution is 7.89. The molecule has 2 heterocycles. The van der Waals surface area contributed by atoms with E-state index in [1.165, 1.54) is 0 Å². The van der Waals surface area contributed by atoms with E-state index in [0.717, 1.165) is 0 Å². The molecule has 0 bridgehead atoms. The van der Waals surface area contributed by atoms with Crippen LogP contribution in [0, 0.1) is 0 Å². The Hall–Kier alpha value is -0.990. The lowest BCUT2D eigenvalue weighted by Gasteiger charge is -2.32. The van der Waals surface area contributed by atoms with E-state index in [4.69, 9.17) is 4.52 Å². The molecule has 0 N–H and O–H groups in total. The number of piperazine rings is 1. The van der Waals surface area contributed by atoms with E-state index >= 15 is 0 Å². The zero-order chi connectivity index (χ0) is 15.7. The lowest BCUT2D eigenvalue weighted by molar-refractivity contribution is 0.176. The molecule has 8 heteroatoms. The SMILES string of the molecule is CCS(=O)(=O)N1CCN(Cc2noc(C(C)(C)C)n2)CC1. The van der Waals surface area contributed by atoms with Crippen molar-refractivity contribution in [2.45, 2.75) is 39.7 Å². The Morgan fingerprint density at radius 3 is 2.29 bits per heavy atom. The predicted molar refractivity (Wildman–Crippen MR) is 79.3 cm³/mol. The first kappa shape index (κ1) is 16.4. The van der Waals surface area contributed by atoms with Crippen LogP contribution in [0.5, 0.6) is 0 Å². The van der Waals surface area contributed by atoms with Crippen molar-refractivity contribution in [3.8, 4) is 0 Å². The zero-order valence-corrected chi connectivity index (χ0v) is 14.0. The Morgan fingerprint density at radius 1 is 1.19 bits per heavy atom. The third-order valence-electron chi connectivity index (χ3n) is 3.56. The molecule has 1 aliphatic heterocycles. The van der Waals surface area contributed by atoms with E-state index in [-0.39, 0.29) is 11.2 Å². The minimum atomic E-state index is -3.08. The second-order valence-electron chi connectivity index (χ2n) is 6.34. The molecule has 0 spiro atoms. The molecule has 1 aromatic rings. The van der Waals surface area contributed by atoms with Crippen molar-refractivity contribution >= 4 is 10.0 Å². The minimum absolute atomic E-state index is 0.154. The van der Waals surface area contributed by atoms with Crippen LogP contribution in [0.1, 0.15) is 39.4 Å². The van der Waals surface area contributed by atoms with Gasteiger partial charge in [-0.1, -0.05) is 25.9 Å². The van der Waals surface area contributed by atoms with Gasteiger partial charge in [-0.15, -0.1) is 0 Å². The lowest BCUT2D eigenvalue weighted by Crippen LogP contribution is -2.48. The van der Waals surface area contributed by atoms with Crippen LogP contribution < -0.4 is 0 Å². The maximum Gasteiger partial charge on any atom is 0.232 e. The molecular formula is C13H24N4O3S. The van der Waals surface area contributed by atoms with Gasteiger partial charge in [-0.2, -0.15) is 9.29 Å².